The Bertz CT molecular complexity index is 418. The number of nitrogens with zero attached hydrogens (tertiary/aromatic N) is 2. The quantitative estimate of drug-likeness (QED) is 0.603. The number of rotatable bonds is 5. The van der Waals surface area contributed by atoms with Gasteiger partial charge in [0, 0.05) is 30.3 Å². The number of aliphatic hydroxyl groups excluding tert-OH is 1. The van der Waals surface area contributed by atoms with Crippen molar-refractivity contribution in [1.29, 1.82) is 0 Å². The van der Waals surface area contributed by atoms with Crippen LogP contribution in [0.3, 0.4) is 0 Å². The van der Waals surface area contributed by atoms with Crippen molar-refractivity contribution in [2.24, 2.45) is 5.41 Å². The van der Waals surface area contributed by atoms with Gasteiger partial charge in [-0.25, -0.2) is 4.98 Å². The topological polar surface area (TPSA) is 88.3 Å². The number of hydrogen-bond donors (Lipinski definition) is 2. The standard InChI is InChI=1S/C11H17N3O3/c1-8-4-5-12-10(9(8)14(16)17)13-6-11(2,3)7-15/h4-5,15H,6-7H2,1-3H3,(H,12,13). The molecule has 0 bridgehead atoms. The van der Waals surface area contributed by atoms with Gasteiger partial charge in [-0.1, -0.05) is 13.8 Å². The fourth-order valence-electron chi connectivity index (χ4n) is 1.29. The van der Waals surface area contributed by atoms with Crippen LogP contribution in [0.2, 0.25) is 0 Å². The zero-order valence-electron chi connectivity index (χ0n) is 10.2. The Morgan fingerprint density at radius 1 is 1.59 bits per heavy atom. The smallest absolute Gasteiger partial charge is 0.314 e. The second-order valence-corrected chi connectivity index (χ2v) is 4.76. The van der Waals surface area contributed by atoms with Crippen molar-refractivity contribution in [3.8, 4) is 0 Å². The summed E-state index contributed by atoms with van der Waals surface area (Å²) in [7, 11) is 0. The molecule has 1 heterocycles. The molecular formula is C11H17N3O3. The first-order valence-electron chi connectivity index (χ1n) is 5.32. The molecule has 0 amide bonds. The number of aromatic nitrogens is 1. The maximum Gasteiger partial charge on any atom is 0.314 e. The maximum absolute atomic E-state index is 10.9. The minimum absolute atomic E-state index is 0.000384. The fourth-order valence-corrected chi connectivity index (χ4v) is 1.29. The van der Waals surface area contributed by atoms with Crippen LogP contribution in [0.4, 0.5) is 11.5 Å². The molecule has 1 aromatic rings. The number of hydrogen-bond acceptors (Lipinski definition) is 5. The molecule has 1 aromatic heterocycles. The number of pyridine rings is 1. The van der Waals surface area contributed by atoms with Gasteiger partial charge in [-0.2, -0.15) is 0 Å². The van der Waals surface area contributed by atoms with Crippen LogP contribution in [0.5, 0.6) is 0 Å². The van der Waals surface area contributed by atoms with E-state index in [-0.39, 0.29) is 23.5 Å². The second-order valence-electron chi connectivity index (χ2n) is 4.76. The van der Waals surface area contributed by atoms with Crippen LogP contribution >= 0.6 is 0 Å². The highest BCUT2D eigenvalue weighted by Crippen LogP contribution is 2.26. The van der Waals surface area contributed by atoms with E-state index >= 15 is 0 Å². The summed E-state index contributed by atoms with van der Waals surface area (Å²) in [5.74, 6) is 0.247. The van der Waals surface area contributed by atoms with E-state index in [0.717, 1.165) is 0 Å². The molecule has 0 aliphatic rings. The Kier molecular flexibility index (Phi) is 4.01. The largest absolute Gasteiger partial charge is 0.396 e. The Morgan fingerprint density at radius 2 is 2.24 bits per heavy atom. The van der Waals surface area contributed by atoms with Crippen LogP contribution in [0, 0.1) is 22.5 Å². The van der Waals surface area contributed by atoms with Crippen molar-refractivity contribution in [2.45, 2.75) is 20.8 Å². The monoisotopic (exact) mass is 239 g/mol. The third-order valence-corrected chi connectivity index (χ3v) is 2.47. The maximum atomic E-state index is 10.9. The van der Waals surface area contributed by atoms with E-state index in [9.17, 15) is 10.1 Å². The molecule has 0 radical (unpaired) electrons. The van der Waals surface area contributed by atoms with Crippen molar-refractivity contribution >= 4 is 11.5 Å². The number of nitro groups is 1. The van der Waals surface area contributed by atoms with Gasteiger partial charge in [0.05, 0.1) is 4.92 Å². The van der Waals surface area contributed by atoms with Crippen LogP contribution in [0.15, 0.2) is 12.3 Å². The first-order valence-corrected chi connectivity index (χ1v) is 5.32. The zero-order valence-corrected chi connectivity index (χ0v) is 10.2. The lowest BCUT2D eigenvalue weighted by molar-refractivity contribution is -0.384. The van der Waals surface area contributed by atoms with Crippen LogP contribution in [0.1, 0.15) is 19.4 Å². The van der Waals surface area contributed by atoms with Gasteiger partial charge in [0.2, 0.25) is 5.82 Å². The predicted octanol–water partition coefficient (Wildman–Crippen LogP) is 1.73. The van der Waals surface area contributed by atoms with Gasteiger partial charge in [0.15, 0.2) is 0 Å². The molecule has 6 heteroatoms. The van der Waals surface area contributed by atoms with Gasteiger partial charge < -0.3 is 10.4 Å². The molecule has 17 heavy (non-hydrogen) atoms. The SMILES string of the molecule is Cc1ccnc(NCC(C)(C)CO)c1[N+](=O)[O-]. The number of aryl methyl sites for hydroxylation is 1. The molecule has 0 unspecified atom stereocenters. The molecule has 6 nitrogen and oxygen atoms in total. The Labute approximate surface area is 99.8 Å². The van der Waals surface area contributed by atoms with Gasteiger partial charge in [-0.3, -0.25) is 10.1 Å². The third-order valence-electron chi connectivity index (χ3n) is 2.47. The lowest BCUT2D eigenvalue weighted by atomic mass is 9.95. The van der Waals surface area contributed by atoms with E-state index in [0.29, 0.717) is 12.1 Å². The van der Waals surface area contributed by atoms with Crippen molar-refractivity contribution in [1.82, 2.24) is 4.98 Å². The zero-order chi connectivity index (χ0) is 13.1. The van der Waals surface area contributed by atoms with E-state index in [4.69, 9.17) is 5.11 Å². The van der Waals surface area contributed by atoms with Crippen molar-refractivity contribution in [2.75, 3.05) is 18.5 Å². The highest BCUT2D eigenvalue weighted by atomic mass is 16.6. The lowest BCUT2D eigenvalue weighted by Gasteiger charge is -2.22. The minimum atomic E-state index is -0.448. The van der Waals surface area contributed by atoms with Gasteiger partial charge >= 0.3 is 5.69 Å². The predicted molar refractivity (Wildman–Crippen MR) is 65.0 cm³/mol. The van der Waals surface area contributed by atoms with Gasteiger partial charge in [-0.05, 0) is 13.0 Å². The average molecular weight is 239 g/mol. The van der Waals surface area contributed by atoms with Gasteiger partial charge in [0.1, 0.15) is 0 Å². The van der Waals surface area contributed by atoms with Gasteiger partial charge in [-0.15, -0.1) is 0 Å². The molecule has 0 saturated heterocycles. The van der Waals surface area contributed by atoms with E-state index in [2.05, 4.69) is 10.3 Å². The van der Waals surface area contributed by atoms with Crippen molar-refractivity contribution < 1.29 is 10.0 Å². The first kappa shape index (κ1) is 13.4. The summed E-state index contributed by atoms with van der Waals surface area (Å²) in [4.78, 5) is 14.4. The molecule has 2 N–H and O–H groups in total. The van der Waals surface area contributed by atoms with Crippen LogP contribution in [-0.2, 0) is 0 Å². The third kappa shape index (κ3) is 3.39. The molecule has 94 valence electrons. The highest BCUT2D eigenvalue weighted by molar-refractivity contribution is 5.59. The molecule has 0 aromatic carbocycles. The molecule has 0 aliphatic carbocycles. The Morgan fingerprint density at radius 3 is 2.76 bits per heavy atom. The van der Waals surface area contributed by atoms with E-state index in [1.54, 1.807) is 13.0 Å². The average Bonchev–Trinajstić information content (AvgIpc) is 2.26. The molecule has 0 spiro atoms. The van der Waals surface area contributed by atoms with Crippen LogP contribution in [0.25, 0.3) is 0 Å². The fraction of sp³-hybridized carbons (Fsp3) is 0.545. The summed E-state index contributed by atoms with van der Waals surface area (Å²) in [5, 5.41) is 22.9. The molecule has 0 fully saturated rings. The Hall–Kier alpha value is -1.69. The summed E-state index contributed by atoms with van der Waals surface area (Å²) in [6.07, 6.45) is 1.52. The van der Waals surface area contributed by atoms with E-state index in [1.807, 2.05) is 13.8 Å². The molecule has 0 saturated carbocycles. The number of nitrogens with one attached hydrogen (secondary N) is 1. The summed E-state index contributed by atoms with van der Waals surface area (Å²) in [5.41, 5.74) is 0.204. The Balaban J connectivity index is 2.92. The molecule has 1 rings (SSSR count). The van der Waals surface area contributed by atoms with Crippen LogP contribution in [-0.4, -0.2) is 28.2 Å². The van der Waals surface area contributed by atoms with Gasteiger partial charge in [0.25, 0.3) is 0 Å². The summed E-state index contributed by atoms with van der Waals surface area (Å²) in [6.45, 7) is 5.81. The molecule has 0 aliphatic heterocycles. The first-order chi connectivity index (χ1) is 7.87. The normalized spacial score (nSPS) is 11.3. The van der Waals surface area contributed by atoms with Crippen molar-refractivity contribution in [3.05, 3.63) is 27.9 Å². The highest BCUT2D eigenvalue weighted by Gasteiger charge is 2.21. The molecular weight excluding hydrogens is 222 g/mol. The number of aliphatic hydroxyl groups is 1. The summed E-state index contributed by atoms with van der Waals surface area (Å²) in [6, 6.07) is 1.60. The van der Waals surface area contributed by atoms with E-state index < -0.39 is 4.92 Å². The minimum Gasteiger partial charge on any atom is -0.396 e. The van der Waals surface area contributed by atoms with Crippen LogP contribution < -0.4 is 5.32 Å². The molecule has 0 atom stereocenters. The number of anilines is 1. The van der Waals surface area contributed by atoms with E-state index in [1.165, 1.54) is 6.20 Å². The lowest BCUT2D eigenvalue weighted by Crippen LogP contribution is -2.27. The summed E-state index contributed by atoms with van der Waals surface area (Å²) >= 11 is 0. The summed E-state index contributed by atoms with van der Waals surface area (Å²) < 4.78 is 0. The second kappa shape index (κ2) is 5.09. The van der Waals surface area contributed by atoms with Crippen molar-refractivity contribution in [3.63, 3.8) is 0 Å².